The maximum atomic E-state index is 5.34. The van der Waals surface area contributed by atoms with Crippen LogP contribution in [0.3, 0.4) is 0 Å². The normalized spacial score (nSPS) is 11.6. The average Bonchev–Trinajstić information content (AvgIpc) is 3.74. The second-order valence-corrected chi connectivity index (χ2v) is 13.7. The number of para-hydroxylation sites is 1. The summed E-state index contributed by atoms with van der Waals surface area (Å²) in [6.07, 6.45) is 0. The zero-order valence-corrected chi connectivity index (χ0v) is 27.8. The quantitative estimate of drug-likeness (QED) is 0.185. The van der Waals surface area contributed by atoms with Crippen LogP contribution < -0.4 is 0 Å². The van der Waals surface area contributed by atoms with E-state index in [9.17, 15) is 0 Å². The molecule has 3 nitrogen and oxygen atoms in total. The lowest BCUT2D eigenvalue weighted by Gasteiger charge is -2.12. The third kappa shape index (κ3) is 4.73. The van der Waals surface area contributed by atoms with Crippen LogP contribution in [0.2, 0.25) is 0 Å². The van der Waals surface area contributed by atoms with E-state index in [4.69, 9.17) is 9.97 Å². The first-order valence-electron chi connectivity index (χ1n) is 16.8. The highest BCUT2D eigenvalue weighted by Gasteiger charge is 2.20. The number of rotatable bonds is 5. The van der Waals surface area contributed by atoms with Crippen LogP contribution >= 0.6 is 11.3 Å². The van der Waals surface area contributed by atoms with Crippen LogP contribution in [-0.4, -0.2) is 14.5 Å². The van der Waals surface area contributed by atoms with Crippen molar-refractivity contribution in [1.82, 2.24) is 14.5 Å². The van der Waals surface area contributed by atoms with Gasteiger partial charge in [0.1, 0.15) is 0 Å². The first-order chi connectivity index (χ1) is 24.8. The van der Waals surface area contributed by atoms with Gasteiger partial charge in [-0.3, -0.25) is 4.57 Å². The Morgan fingerprint density at radius 2 is 0.960 bits per heavy atom. The van der Waals surface area contributed by atoms with E-state index < -0.39 is 0 Å². The fourth-order valence-corrected chi connectivity index (χ4v) is 8.49. The van der Waals surface area contributed by atoms with Crippen LogP contribution in [0.5, 0.6) is 0 Å². The Hall–Kier alpha value is -6.36. The summed E-state index contributed by atoms with van der Waals surface area (Å²) in [5, 5.41) is 5.03. The minimum Gasteiger partial charge on any atom is -0.278 e. The molecular formula is C46H29N3S. The molecule has 0 aliphatic carbocycles. The Labute approximate surface area is 293 Å². The zero-order chi connectivity index (χ0) is 33.0. The predicted octanol–water partition coefficient (Wildman–Crippen LogP) is 12.6. The number of aromatic nitrogens is 3. The van der Waals surface area contributed by atoms with Crippen molar-refractivity contribution in [3.8, 4) is 50.7 Å². The Balaban J connectivity index is 1.17. The minimum absolute atomic E-state index is 0.658. The third-order valence-corrected chi connectivity index (χ3v) is 10.9. The molecular weight excluding hydrogens is 627 g/mol. The van der Waals surface area contributed by atoms with Crippen molar-refractivity contribution < 1.29 is 0 Å². The number of benzene rings is 7. The number of thiophene rings is 1. The Kier molecular flexibility index (Phi) is 6.68. The van der Waals surface area contributed by atoms with Gasteiger partial charge in [-0.2, -0.15) is 0 Å². The molecule has 10 rings (SSSR count). The van der Waals surface area contributed by atoms with Gasteiger partial charge in [-0.1, -0.05) is 146 Å². The minimum atomic E-state index is 0.658. The molecule has 0 aliphatic rings. The maximum Gasteiger partial charge on any atom is 0.235 e. The van der Waals surface area contributed by atoms with Crippen molar-refractivity contribution >= 4 is 53.3 Å². The molecule has 3 aromatic heterocycles. The van der Waals surface area contributed by atoms with E-state index in [2.05, 4.69) is 174 Å². The standard InChI is InChI=1S/C46H29N3S/c1-3-12-30(13-4-1)31-22-24-32(25-23-31)34-16-11-17-35(28-34)40-29-39(33-14-5-2-6-15-33)47-46(48-40)49-41-20-9-7-19-38(41)44-42(49)27-26-37-36-18-8-10-21-43(36)50-45(37)44/h1-29H. The van der Waals surface area contributed by atoms with Crippen LogP contribution in [-0.2, 0) is 0 Å². The molecule has 0 bridgehead atoms. The first-order valence-corrected chi connectivity index (χ1v) is 17.6. The summed E-state index contributed by atoms with van der Waals surface area (Å²) in [6.45, 7) is 0. The van der Waals surface area contributed by atoms with Gasteiger partial charge in [-0.05, 0) is 52.6 Å². The molecule has 0 atom stereocenters. The summed E-state index contributed by atoms with van der Waals surface area (Å²) < 4.78 is 4.84. The van der Waals surface area contributed by atoms with Gasteiger partial charge < -0.3 is 0 Å². The van der Waals surface area contributed by atoms with E-state index in [1.165, 1.54) is 47.6 Å². The van der Waals surface area contributed by atoms with Crippen molar-refractivity contribution in [2.24, 2.45) is 0 Å². The fourth-order valence-electron chi connectivity index (χ4n) is 7.23. The Morgan fingerprint density at radius 3 is 1.74 bits per heavy atom. The zero-order valence-electron chi connectivity index (χ0n) is 27.0. The molecule has 0 unspecified atom stereocenters. The van der Waals surface area contributed by atoms with E-state index in [1.54, 1.807) is 0 Å². The lowest BCUT2D eigenvalue weighted by atomic mass is 9.98. The van der Waals surface area contributed by atoms with Crippen LogP contribution in [0.15, 0.2) is 176 Å². The van der Waals surface area contributed by atoms with E-state index in [0.29, 0.717) is 5.95 Å². The van der Waals surface area contributed by atoms with Crippen molar-refractivity contribution in [1.29, 1.82) is 0 Å². The van der Waals surface area contributed by atoms with Gasteiger partial charge in [0.2, 0.25) is 5.95 Å². The summed E-state index contributed by atoms with van der Waals surface area (Å²) >= 11 is 1.86. The van der Waals surface area contributed by atoms with Gasteiger partial charge in [0.15, 0.2) is 0 Å². The van der Waals surface area contributed by atoms with E-state index in [0.717, 1.165) is 39.1 Å². The summed E-state index contributed by atoms with van der Waals surface area (Å²) in [5.41, 5.74) is 10.8. The smallest absolute Gasteiger partial charge is 0.235 e. The molecule has 4 heteroatoms. The number of fused-ring (bicyclic) bond motifs is 7. The molecule has 234 valence electrons. The Bertz CT molecular complexity index is 2850. The lowest BCUT2D eigenvalue weighted by molar-refractivity contribution is 0.996. The highest BCUT2D eigenvalue weighted by atomic mass is 32.1. The Morgan fingerprint density at radius 1 is 0.380 bits per heavy atom. The molecule has 0 saturated carbocycles. The monoisotopic (exact) mass is 655 g/mol. The topological polar surface area (TPSA) is 30.7 Å². The molecule has 50 heavy (non-hydrogen) atoms. The summed E-state index contributed by atoms with van der Waals surface area (Å²) in [5.74, 6) is 0.658. The van der Waals surface area contributed by atoms with E-state index in [-0.39, 0.29) is 0 Å². The molecule has 0 radical (unpaired) electrons. The van der Waals surface area contributed by atoms with Gasteiger partial charge in [-0.25, -0.2) is 9.97 Å². The summed E-state index contributed by atoms with van der Waals surface area (Å²) in [7, 11) is 0. The van der Waals surface area contributed by atoms with Crippen molar-refractivity contribution in [2.75, 3.05) is 0 Å². The van der Waals surface area contributed by atoms with E-state index >= 15 is 0 Å². The molecule has 7 aromatic carbocycles. The highest BCUT2D eigenvalue weighted by molar-refractivity contribution is 7.26. The summed E-state index contributed by atoms with van der Waals surface area (Å²) in [6, 6.07) is 62.4. The molecule has 0 N–H and O–H groups in total. The average molecular weight is 656 g/mol. The molecule has 3 heterocycles. The maximum absolute atomic E-state index is 5.34. The fraction of sp³-hybridized carbons (Fsp3) is 0. The molecule has 0 aliphatic heterocycles. The van der Waals surface area contributed by atoms with Crippen molar-refractivity contribution in [3.63, 3.8) is 0 Å². The number of nitrogens with zero attached hydrogens (tertiary/aromatic N) is 3. The number of hydrogen-bond donors (Lipinski definition) is 0. The second kappa shape index (κ2) is 11.7. The van der Waals surface area contributed by atoms with Crippen LogP contribution in [0.4, 0.5) is 0 Å². The van der Waals surface area contributed by atoms with Gasteiger partial charge >= 0.3 is 0 Å². The van der Waals surface area contributed by atoms with Gasteiger partial charge in [0.25, 0.3) is 0 Å². The van der Waals surface area contributed by atoms with Crippen LogP contribution in [0.1, 0.15) is 0 Å². The van der Waals surface area contributed by atoms with Gasteiger partial charge in [-0.15, -0.1) is 11.3 Å². The highest BCUT2D eigenvalue weighted by Crippen LogP contribution is 2.43. The lowest BCUT2D eigenvalue weighted by Crippen LogP contribution is -2.04. The molecule has 0 amide bonds. The molecule has 0 saturated heterocycles. The molecule has 0 spiro atoms. The van der Waals surface area contributed by atoms with E-state index in [1.807, 2.05) is 17.4 Å². The molecule has 0 fully saturated rings. The predicted molar refractivity (Wildman–Crippen MR) is 211 cm³/mol. The van der Waals surface area contributed by atoms with Crippen molar-refractivity contribution in [3.05, 3.63) is 176 Å². The van der Waals surface area contributed by atoms with Crippen LogP contribution in [0.25, 0.3) is 92.7 Å². The SMILES string of the molecule is c1ccc(-c2ccc(-c3cccc(-c4cc(-c5ccccc5)nc(-n5c6ccccc6c6c7sc8ccccc8c7ccc65)n4)c3)cc2)cc1. The molecule has 10 aromatic rings. The first kappa shape index (κ1) is 28.6. The van der Waals surface area contributed by atoms with Gasteiger partial charge in [0, 0.05) is 42.1 Å². The summed E-state index contributed by atoms with van der Waals surface area (Å²) in [4.78, 5) is 10.6. The van der Waals surface area contributed by atoms with Crippen molar-refractivity contribution in [2.45, 2.75) is 0 Å². The number of hydrogen-bond acceptors (Lipinski definition) is 3. The van der Waals surface area contributed by atoms with Gasteiger partial charge in [0.05, 0.1) is 22.4 Å². The second-order valence-electron chi connectivity index (χ2n) is 12.6. The largest absolute Gasteiger partial charge is 0.278 e. The van der Waals surface area contributed by atoms with Crippen LogP contribution in [0, 0.1) is 0 Å². The third-order valence-electron chi connectivity index (χ3n) is 9.65.